The van der Waals surface area contributed by atoms with E-state index in [4.69, 9.17) is 10.1 Å². The zero-order valence-corrected chi connectivity index (χ0v) is 12.9. The molecule has 0 amide bonds. The lowest BCUT2D eigenvalue weighted by Crippen LogP contribution is -2.42. The minimum Gasteiger partial charge on any atom is -0.233 e. The third kappa shape index (κ3) is 2.15. The number of hydrogen-bond donors (Lipinski definition) is 0. The number of benzene rings is 2. The minimum absolute atomic E-state index is 0.625. The zero-order valence-electron chi connectivity index (χ0n) is 12.9. The number of hydrogen-bond acceptors (Lipinski definition) is 4. The largest absolute Gasteiger partial charge is 0.233 e. The Morgan fingerprint density at radius 3 is 2.33 bits per heavy atom. The molecule has 4 nitrogen and oxygen atoms in total. The summed E-state index contributed by atoms with van der Waals surface area (Å²) in [6.45, 7) is 0. The normalized spacial score (nSPS) is 21.5. The third-order valence-electron chi connectivity index (χ3n) is 4.05. The SMILES string of the molecule is N#C[C@]1(c2ccccc2)N=C2C=CC=CN2N=C1c1ccccc1. The maximum atomic E-state index is 10.1. The Morgan fingerprint density at radius 1 is 0.917 bits per heavy atom. The van der Waals surface area contributed by atoms with Gasteiger partial charge in [-0.05, 0) is 12.2 Å². The molecule has 0 unspecified atom stereocenters. The van der Waals surface area contributed by atoms with Crippen molar-refractivity contribution in [1.82, 2.24) is 5.01 Å². The molecule has 0 saturated carbocycles. The predicted octanol–water partition coefficient (Wildman–Crippen LogP) is 3.61. The van der Waals surface area contributed by atoms with E-state index in [9.17, 15) is 5.26 Å². The van der Waals surface area contributed by atoms with E-state index in [1.54, 1.807) is 5.01 Å². The van der Waals surface area contributed by atoms with E-state index in [1.165, 1.54) is 0 Å². The minimum atomic E-state index is -1.16. The van der Waals surface area contributed by atoms with Gasteiger partial charge in [-0.2, -0.15) is 10.4 Å². The van der Waals surface area contributed by atoms with E-state index in [0.717, 1.165) is 11.1 Å². The summed E-state index contributed by atoms with van der Waals surface area (Å²) in [6, 6.07) is 21.8. The van der Waals surface area contributed by atoms with Crippen molar-refractivity contribution in [3.05, 3.63) is 96.2 Å². The highest BCUT2D eigenvalue weighted by Gasteiger charge is 2.42. The summed E-state index contributed by atoms with van der Waals surface area (Å²) in [7, 11) is 0. The number of rotatable bonds is 2. The fourth-order valence-corrected chi connectivity index (χ4v) is 2.89. The quantitative estimate of drug-likeness (QED) is 0.851. The van der Waals surface area contributed by atoms with Gasteiger partial charge in [-0.25, -0.2) is 10.0 Å². The van der Waals surface area contributed by atoms with Crippen molar-refractivity contribution in [2.75, 3.05) is 0 Å². The molecule has 4 heteroatoms. The van der Waals surface area contributed by atoms with Crippen LogP contribution in [0.1, 0.15) is 11.1 Å². The first-order chi connectivity index (χ1) is 11.8. The molecule has 0 radical (unpaired) electrons. The van der Waals surface area contributed by atoms with E-state index in [2.05, 4.69) is 6.07 Å². The molecule has 114 valence electrons. The van der Waals surface area contributed by atoms with Gasteiger partial charge in [0.25, 0.3) is 0 Å². The molecule has 2 heterocycles. The predicted molar refractivity (Wildman–Crippen MR) is 94.3 cm³/mol. The second-order valence-electron chi connectivity index (χ2n) is 5.52. The van der Waals surface area contributed by atoms with E-state index < -0.39 is 5.54 Å². The maximum Gasteiger partial charge on any atom is 0.218 e. The molecule has 0 bridgehead atoms. The molecule has 0 aromatic heterocycles. The number of nitriles is 1. The molecule has 4 rings (SSSR count). The summed E-state index contributed by atoms with van der Waals surface area (Å²) in [5, 5.41) is 16.6. The molecule has 0 saturated heterocycles. The lowest BCUT2D eigenvalue weighted by atomic mass is 9.83. The van der Waals surface area contributed by atoms with Gasteiger partial charge >= 0.3 is 0 Å². The Morgan fingerprint density at radius 2 is 1.62 bits per heavy atom. The summed E-state index contributed by atoms with van der Waals surface area (Å²) >= 11 is 0. The van der Waals surface area contributed by atoms with Crippen molar-refractivity contribution in [3.63, 3.8) is 0 Å². The highest BCUT2D eigenvalue weighted by molar-refractivity contribution is 6.14. The summed E-state index contributed by atoms with van der Waals surface area (Å²) in [4.78, 5) is 4.79. The molecule has 2 aromatic rings. The fourth-order valence-electron chi connectivity index (χ4n) is 2.89. The van der Waals surface area contributed by atoms with E-state index in [-0.39, 0.29) is 0 Å². The molecule has 0 N–H and O–H groups in total. The molecule has 0 aliphatic carbocycles. The van der Waals surface area contributed by atoms with Crippen molar-refractivity contribution in [2.45, 2.75) is 5.54 Å². The molecule has 0 fully saturated rings. The van der Waals surface area contributed by atoms with E-state index in [0.29, 0.717) is 11.5 Å². The van der Waals surface area contributed by atoms with Gasteiger partial charge in [0.05, 0.1) is 0 Å². The average molecular weight is 310 g/mol. The van der Waals surface area contributed by atoms with E-state index >= 15 is 0 Å². The van der Waals surface area contributed by atoms with Crippen LogP contribution in [-0.4, -0.2) is 16.6 Å². The van der Waals surface area contributed by atoms with Gasteiger partial charge in [0, 0.05) is 17.3 Å². The van der Waals surface area contributed by atoms with Gasteiger partial charge in [0.1, 0.15) is 11.8 Å². The van der Waals surface area contributed by atoms with Crippen molar-refractivity contribution >= 4 is 11.5 Å². The molecular formula is C20H14N4. The molecule has 2 aliphatic rings. The summed E-state index contributed by atoms with van der Waals surface area (Å²) in [5.74, 6) is 0.655. The van der Waals surface area contributed by atoms with Crippen molar-refractivity contribution in [3.8, 4) is 6.07 Å². The van der Waals surface area contributed by atoms with Crippen LogP contribution in [0.5, 0.6) is 0 Å². The van der Waals surface area contributed by atoms with Crippen LogP contribution in [0.2, 0.25) is 0 Å². The number of allylic oxidation sites excluding steroid dienone is 2. The Balaban J connectivity index is 1.98. The van der Waals surface area contributed by atoms with Crippen LogP contribution in [0.25, 0.3) is 0 Å². The Kier molecular flexibility index (Phi) is 3.33. The van der Waals surface area contributed by atoms with Crippen LogP contribution in [0, 0.1) is 11.3 Å². The number of nitrogens with zero attached hydrogens (tertiary/aromatic N) is 4. The van der Waals surface area contributed by atoms with Crippen LogP contribution >= 0.6 is 0 Å². The first kappa shape index (κ1) is 14.2. The molecule has 0 spiro atoms. The number of aliphatic imine (C=N–C) groups is 1. The zero-order chi connectivity index (χ0) is 16.4. The highest BCUT2D eigenvalue weighted by Crippen LogP contribution is 2.34. The molecule has 2 aromatic carbocycles. The second-order valence-corrected chi connectivity index (χ2v) is 5.52. The summed E-state index contributed by atoms with van der Waals surface area (Å²) in [6.07, 6.45) is 7.49. The average Bonchev–Trinajstić information content (AvgIpc) is 2.68. The Bertz CT molecular complexity index is 917. The van der Waals surface area contributed by atoms with Crippen LogP contribution in [0.15, 0.2) is 95.2 Å². The van der Waals surface area contributed by atoms with Gasteiger partial charge < -0.3 is 0 Å². The standard InChI is InChI=1S/C20H14N4/c21-15-20(17-11-5-2-6-12-17)19(16-9-3-1-4-10-16)23-24-14-8-7-13-18(24)22-20/h1-14H/t20-/m1/s1. The number of amidine groups is 1. The Hall–Kier alpha value is -3.45. The van der Waals surface area contributed by atoms with Gasteiger partial charge in [-0.15, -0.1) is 0 Å². The molecule has 1 atom stereocenters. The van der Waals surface area contributed by atoms with Crippen LogP contribution in [0.3, 0.4) is 0 Å². The Labute approximate surface area is 140 Å². The molecule has 24 heavy (non-hydrogen) atoms. The van der Waals surface area contributed by atoms with Gasteiger partial charge in [-0.1, -0.05) is 66.7 Å². The smallest absolute Gasteiger partial charge is 0.218 e. The molecular weight excluding hydrogens is 296 g/mol. The van der Waals surface area contributed by atoms with Gasteiger partial charge in [0.15, 0.2) is 5.84 Å². The first-order valence-corrected chi connectivity index (χ1v) is 7.69. The third-order valence-corrected chi connectivity index (χ3v) is 4.05. The fraction of sp³-hybridized carbons (Fsp3) is 0.0500. The lowest BCUT2D eigenvalue weighted by molar-refractivity contribution is 0.554. The van der Waals surface area contributed by atoms with Crippen LogP contribution < -0.4 is 0 Å². The maximum absolute atomic E-state index is 10.1. The lowest BCUT2D eigenvalue weighted by Gasteiger charge is -2.33. The second kappa shape index (κ2) is 5.64. The molecule has 2 aliphatic heterocycles. The van der Waals surface area contributed by atoms with Crippen LogP contribution in [-0.2, 0) is 5.54 Å². The summed E-state index contributed by atoms with van der Waals surface area (Å²) < 4.78 is 0. The van der Waals surface area contributed by atoms with E-state index in [1.807, 2.05) is 85.1 Å². The number of hydrazone groups is 1. The van der Waals surface area contributed by atoms with Crippen molar-refractivity contribution in [1.29, 1.82) is 5.26 Å². The first-order valence-electron chi connectivity index (χ1n) is 7.69. The number of fused-ring (bicyclic) bond motifs is 1. The van der Waals surface area contributed by atoms with Gasteiger partial charge in [0.2, 0.25) is 5.54 Å². The van der Waals surface area contributed by atoms with Crippen molar-refractivity contribution < 1.29 is 0 Å². The monoisotopic (exact) mass is 310 g/mol. The topological polar surface area (TPSA) is 51.8 Å². The van der Waals surface area contributed by atoms with Crippen LogP contribution in [0.4, 0.5) is 0 Å². The summed E-state index contributed by atoms with van der Waals surface area (Å²) in [5.41, 5.74) is 1.16. The highest BCUT2D eigenvalue weighted by atomic mass is 15.5. The van der Waals surface area contributed by atoms with Gasteiger partial charge in [-0.3, -0.25) is 0 Å². The van der Waals surface area contributed by atoms with Crippen molar-refractivity contribution in [2.24, 2.45) is 10.1 Å².